The zero-order chi connectivity index (χ0) is 16.9. The third-order valence-corrected chi connectivity index (χ3v) is 6.24. The van der Waals surface area contributed by atoms with Gasteiger partial charge in [0.1, 0.15) is 0 Å². The summed E-state index contributed by atoms with van der Waals surface area (Å²) in [4.78, 5) is 12.2. The van der Waals surface area contributed by atoms with Gasteiger partial charge in [-0.2, -0.15) is 0 Å². The molecule has 0 radical (unpaired) electrons. The second-order valence-corrected chi connectivity index (χ2v) is 7.47. The molecule has 2 saturated carbocycles. The SMILES string of the molecule is O=C(NC[C@]12C[C@H]1COC21CCC1)Nc1cc(-c2ccccc2)on1. The normalized spacial score (nSPS) is 28.2. The number of carbonyl (C=O) groups excluding carboxylic acids is 1. The number of hydrogen-bond donors (Lipinski definition) is 2. The van der Waals surface area contributed by atoms with Crippen molar-refractivity contribution in [3.8, 4) is 11.3 Å². The molecule has 0 unspecified atom stereocenters. The topological polar surface area (TPSA) is 76.4 Å². The Balaban J connectivity index is 1.20. The summed E-state index contributed by atoms with van der Waals surface area (Å²) < 4.78 is 11.4. The smallest absolute Gasteiger partial charge is 0.320 e. The molecule has 3 fully saturated rings. The Labute approximate surface area is 145 Å². The third kappa shape index (κ3) is 2.28. The largest absolute Gasteiger partial charge is 0.374 e. The summed E-state index contributed by atoms with van der Waals surface area (Å²) in [5.41, 5.74) is 1.14. The molecule has 2 aromatic rings. The minimum absolute atomic E-state index is 0.0410. The Kier molecular flexibility index (Phi) is 3.19. The van der Waals surface area contributed by atoms with Gasteiger partial charge < -0.3 is 14.6 Å². The number of aromatic nitrogens is 1. The summed E-state index contributed by atoms with van der Waals surface area (Å²) >= 11 is 0. The first-order valence-electron chi connectivity index (χ1n) is 8.92. The van der Waals surface area contributed by atoms with Crippen molar-refractivity contribution in [1.82, 2.24) is 10.5 Å². The van der Waals surface area contributed by atoms with E-state index in [0.29, 0.717) is 24.0 Å². The van der Waals surface area contributed by atoms with Gasteiger partial charge >= 0.3 is 6.03 Å². The van der Waals surface area contributed by atoms with E-state index >= 15 is 0 Å². The lowest BCUT2D eigenvalue weighted by Crippen LogP contribution is -2.51. The Hall–Kier alpha value is -2.34. The van der Waals surface area contributed by atoms with Crippen LogP contribution in [0.3, 0.4) is 0 Å². The van der Waals surface area contributed by atoms with Gasteiger partial charge in [-0.25, -0.2) is 4.79 Å². The molecule has 1 saturated heterocycles. The van der Waals surface area contributed by atoms with Gasteiger partial charge in [0.05, 0.1) is 12.2 Å². The Bertz CT molecular complexity index is 799. The Morgan fingerprint density at radius 2 is 2.12 bits per heavy atom. The Morgan fingerprint density at radius 1 is 1.28 bits per heavy atom. The molecule has 5 rings (SSSR count). The van der Waals surface area contributed by atoms with E-state index in [0.717, 1.165) is 25.0 Å². The number of nitrogens with zero attached hydrogens (tertiary/aromatic N) is 1. The van der Waals surface area contributed by atoms with Crippen LogP contribution in [0.4, 0.5) is 10.6 Å². The fourth-order valence-corrected chi connectivity index (χ4v) is 4.55. The lowest BCUT2D eigenvalue weighted by Gasteiger charge is -2.45. The highest BCUT2D eigenvalue weighted by Gasteiger charge is 2.73. The molecule has 2 atom stereocenters. The van der Waals surface area contributed by atoms with Crippen LogP contribution in [0.25, 0.3) is 11.3 Å². The third-order valence-electron chi connectivity index (χ3n) is 6.24. The number of hydrogen-bond acceptors (Lipinski definition) is 4. The van der Waals surface area contributed by atoms with Crippen LogP contribution in [0, 0.1) is 11.3 Å². The van der Waals surface area contributed by atoms with Crippen LogP contribution in [0.1, 0.15) is 25.7 Å². The van der Waals surface area contributed by atoms with Crippen LogP contribution < -0.4 is 10.6 Å². The van der Waals surface area contributed by atoms with Gasteiger partial charge in [0.25, 0.3) is 0 Å². The molecule has 3 aliphatic rings. The molecule has 2 aliphatic carbocycles. The molecular formula is C19H21N3O3. The molecule has 1 aliphatic heterocycles. The van der Waals surface area contributed by atoms with Crippen LogP contribution in [0.15, 0.2) is 40.9 Å². The Morgan fingerprint density at radius 3 is 2.84 bits per heavy atom. The molecule has 6 heteroatoms. The number of ether oxygens (including phenoxy) is 1. The van der Waals surface area contributed by atoms with Crippen molar-refractivity contribution in [2.75, 3.05) is 18.5 Å². The number of anilines is 1. The van der Waals surface area contributed by atoms with Crippen LogP contribution in [-0.2, 0) is 4.74 Å². The summed E-state index contributed by atoms with van der Waals surface area (Å²) in [6.45, 7) is 1.53. The molecule has 2 heterocycles. The zero-order valence-electron chi connectivity index (χ0n) is 14.0. The van der Waals surface area contributed by atoms with Gasteiger partial charge in [0, 0.05) is 23.6 Å². The second-order valence-electron chi connectivity index (χ2n) is 7.47. The van der Waals surface area contributed by atoms with Crippen molar-refractivity contribution < 1.29 is 14.1 Å². The number of rotatable bonds is 4. The number of benzene rings is 1. The fourth-order valence-electron chi connectivity index (χ4n) is 4.55. The van der Waals surface area contributed by atoms with Crippen molar-refractivity contribution in [3.63, 3.8) is 0 Å². The molecule has 1 aromatic heterocycles. The number of amides is 2. The van der Waals surface area contributed by atoms with E-state index in [4.69, 9.17) is 9.26 Å². The van der Waals surface area contributed by atoms with Gasteiger partial charge in [0.2, 0.25) is 0 Å². The minimum Gasteiger partial charge on any atom is -0.374 e. The summed E-state index contributed by atoms with van der Waals surface area (Å²) in [6, 6.07) is 11.2. The molecule has 2 amide bonds. The van der Waals surface area contributed by atoms with Crippen molar-refractivity contribution >= 4 is 11.8 Å². The average Bonchev–Trinajstić information content (AvgIpc) is 2.97. The van der Waals surface area contributed by atoms with Crippen LogP contribution in [0.2, 0.25) is 0 Å². The minimum atomic E-state index is -0.241. The summed E-state index contributed by atoms with van der Waals surface area (Å²) in [5.74, 6) is 1.67. The quantitative estimate of drug-likeness (QED) is 0.895. The molecule has 2 N–H and O–H groups in total. The van der Waals surface area contributed by atoms with Crippen molar-refractivity contribution in [2.45, 2.75) is 31.3 Å². The monoisotopic (exact) mass is 339 g/mol. The number of nitrogens with one attached hydrogen (secondary N) is 2. The average molecular weight is 339 g/mol. The highest BCUT2D eigenvalue weighted by Crippen LogP contribution is 2.70. The van der Waals surface area contributed by atoms with E-state index in [1.165, 1.54) is 12.8 Å². The zero-order valence-corrected chi connectivity index (χ0v) is 14.0. The van der Waals surface area contributed by atoms with E-state index < -0.39 is 0 Å². The number of urea groups is 1. The van der Waals surface area contributed by atoms with Gasteiger partial charge in [0.15, 0.2) is 11.6 Å². The van der Waals surface area contributed by atoms with E-state index in [1.54, 1.807) is 6.07 Å². The molecule has 25 heavy (non-hydrogen) atoms. The number of fused-ring (bicyclic) bond motifs is 2. The van der Waals surface area contributed by atoms with Crippen molar-refractivity contribution in [3.05, 3.63) is 36.4 Å². The highest BCUT2D eigenvalue weighted by atomic mass is 16.5. The lowest BCUT2D eigenvalue weighted by molar-refractivity contribution is -0.109. The molecule has 130 valence electrons. The molecule has 1 spiro atoms. The summed E-state index contributed by atoms with van der Waals surface area (Å²) in [5, 5.41) is 9.70. The van der Waals surface area contributed by atoms with Gasteiger partial charge in [-0.1, -0.05) is 35.5 Å². The molecule has 1 aromatic carbocycles. The van der Waals surface area contributed by atoms with E-state index in [9.17, 15) is 4.79 Å². The number of carbonyl (C=O) groups is 1. The molecule has 0 bridgehead atoms. The maximum Gasteiger partial charge on any atom is 0.320 e. The maximum atomic E-state index is 12.2. The molecule has 6 nitrogen and oxygen atoms in total. The summed E-state index contributed by atoms with van der Waals surface area (Å²) in [7, 11) is 0. The predicted molar refractivity (Wildman–Crippen MR) is 92.0 cm³/mol. The predicted octanol–water partition coefficient (Wildman–Crippen LogP) is 3.42. The second kappa shape index (κ2) is 5.33. The van der Waals surface area contributed by atoms with E-state index in [1.807, 2.05) is 30.3 Å². The van der Waals surface area contributed by atoms with Crippen LogP contribution in [-0.4, -0.2) is 29.9 Å². The van der Waals surface area contributed by atoms with Crippen molar-refractivity contribution in [1.29, 1.82) is 0 Å². The van der Waals surface area contributed by atoms with Crippen molar-refractivity contribution in [2.24, 2.45) is 11.3 Å². The lowest BCUT2D eigenvalue weighted by atomic mass is 9.68. The standard InChI is InChI=1S/C19H21N3O3/c23-17(20-12-18-10-14(18)11-24-19(18)7-4-8-19)21-16-9-15(25-22-16)13-5-2-1-3-6-13/h1-3,5-6,9,14H,4,7-8,10-12H2,(H2,20,21,22,23)/t14-,18+/m0/s1. The van der Waals surface area contributed by atoms with Crippen LogP contribution in [0.5, 0.6) is 0 Å². The fraction of sp³-hybridized carbons (Fsp3) is 0.474. The van der Waals surface area contributed by atoms with Gasteiger partial charge in [-0.3, -0.25) is 5.32 Å². The van der Waals surface area contributed by atoms with E-state index in [2.05, 4.69) is 15.8 Å². The van der Waals surface area contributed by atoms with E-state index in [-0.39, 0.29) is 17.0 Å². The first-order chi connectivity index (χ1) is 12.2. The van der Waals surface area contributed by atoms with Crippen LogP contribution >= 0.6 is 0 Å². The molecular weight excluding hydrogens is 318 g/mol. The maximum absolute atomic E-state index is 12.2. The summed E-state index contributed by atoms with van der Waals surface area (Å²) in [6.07, 6.45) is 4.68. The van der Waals surface area contributed by atoms with Gasteiger partial charge in [-0.15, -0.1) is 0 Å². The highest BCUT2D eigenvalue weighted by molar-refractivity contribution is 5.88. The first kappa shape index (κ1) is 15.0. The first-order valence-corrected chi connectivity index (χ1v) is 8.92. The van der Waals surface area contributed by atoms with Gasteiger partial charge in [-0.05, 0) is 31.6 Å².